The normalized spacial score (nSPS) is 14.3. The van der Waals surface area contributed by atoms with Crippen molar-refractivity contribution in [1.29, 1.82) is 0 Å². The fraction of sp³-hybridized carbons (Fsp3) is 0.231. The molecule has 2 N–H and O–H groups in total. The molecule has 0 spiro atoms. The number of nitrogens with one attached hydrogen (secondary N) is 2. The number of aromatic amines is 1. The predicted molar refractivity (Wildman–Crippen MR) is 132 cm³/mol. The van der Waals surface area contributed by atoms with Gasteiger partial charge in [-0.1, -0.05) is 6.07 Å². The predicted octanol–water partition coefficient (Wildman–Crippen LogP) is 4.52. The number of methoxy groups -OCH3 is 1. The quantitative estimate of drug-likeness (QED) is 0.442. The zero-order valence-corrected chi connectivity index (χ0v) is 19.4. The van der Waals surface area contributed by atoms with Gasteiger partial charge in [-0.05, 0) is 61.1 Å². The van der Waals surface area contributed by atoms with Gasteiger partial charge in [0.15, 0.2) is 17.4 Å². The molecule has 0 atom stereocenters. The van der Waals surface area contributed by atoms with Crippen LogP contribution in [-0.4, -0.2) is 61.3 Å². The topological polar surface area (TPSA) is 73.5 Å². The SMILES string of the molecule is COc1ccc(F)c(-c2ccc3c(NC(=O)c4ccc(N5CCN(C)CC5)cc4)n[nH]c3c2)c1F. The number of anilines is 2. The van der Waals surface area contributed by atoms with Crippen LogP contribution in [-0.2, 0) is 0 Å². The van der Waals surface area contributed by atoms with E-state index < -0.39 is 11.6 Å². The van der Waals surface area contributed by atoms with Crippen LogP contribution in [0.25, 0.3) is 22.0 Å². The Morgan fingerprint density at radius 2 is 1.77 bits per heavy atom. The molecule has 5 rings (SSSR count). The number of aromatic nitrogens is 2. The Balaban J connectivity index is 1.35. The van der Waals surface area contributed by atoms with Crippen molar-refractivity contribution < 1.29 is 18.3 Å². The number of fused-ring (bicyclic) bond motifs is 1. The highest BCUT2D eigenvalue weighted by Gasteiger charge is 2.19. The van der Waals surface area contributed by atoms with Crippen molar-refractivity contribution in [3.8, 4) is 16.9 Å². The summed E-state index contributed by atoms with van der Waals surface area (Å²) in [6.07, 6.45) is 0. The minimum atomic E-state index is -0.778. The molecule has 0 radical (unpaired) electrons. The fourth-order valence-corrected chi connectivity index (χ4v) is 4.29. The Kier molecular flexibility index (Phi) is 6.08. The average molecular weight is 478 g/mol. The van der Waals surface area contributed by atoms with Crippen molar-refractivity contribution in [1.82, 2.24) is 15.1 Å². The molecule has 35 heavy (non-hydrogen) atoms. The van der Waals surface area contributed by atoms with E-state index in [1.165, 1.54) is 13.2 Å². The Bertz CT molecular complexity index is 1380. The molecule has 2 heterocycles. The van der Waals surface area contributed by atoms with Crippen LogP contribution in [0.5, 0.6) is 5.75 Å². The Morgan fingerprint density at radius 1 is 1.03 bits per heavy atom. The fourth-order valence-electron chi connectivity index (χ4n) is 4.29. The minimum Gasteiger partial charge on any atom is -0.494 e. The summed E-state index contributed by atoms with van der Waals surface area (Å²) in [7, 11) is 3.44. The summed E-state index contributed by atoms with van der Waals surface area (Å²) in [5.74, 6) is -1.48. The van der Waals surface area contributed by atoms with Gasteiger partial charge in [0.05, 0.1) is 18.2 Å². The maximum Gasteiger partial charge on any atom is 0.256 e. The van der Waals surface area contributed by atoms with E-state index in [1.807, 2.05) is 12.1 Å². The third-order valence-electron chi connectivity index (χ3n) is 6.36. The highest BCUT2D eigenvalue weighted by molar-refractivity contribution is 6.08. The number of piperazine rings is 1. The maximum atomic E-state index is 14.7. The molecule has 4 aromatic rings. The minimum absolute atomic E-state index is 0.0438. The summed E-state index contributed by atoms with van der Waals surface area (Å²) >= 11 is 0. The number of nitrogens with zero attached hydrogens (tertiary/aromatic N) is 3. The number of hydrogen-bond acceptors (Lipinski definition) is 5. The lowest BCUT2D eigenvalue weighted by molar-refractivity contribution is 0.102. The van der Waals surface area contributed by atoms with E-state index >= 15 is 0 Å². The van der Waals surface area contributed by atoms with Gasteiger partial charge < -0.3 is 19.9 Å². The van der Waals surface area contributed by atoms with Crippen molar-refractivity contribution in [3.63, 3.8) is 0 Å². The highest BCUT2D eigenvalue weighted by atomic mass is 19.1. The van der Waals surface area contributed by atoms with Gasteiger partial charge in [-0.2, -0.15) is 5.10 Å². The number of benzene rings is 3. The standard InChI is InChI=1S/C26H25F2N5O2/c1-32-11-13-33(14-12-32)18-6-3-16(4-7-18)26(34)29-25-19-8-5-17(15-21(19)30-31-25)23-20(27)9-10-22(35-2)24(23)28/h3-10,15H,11-14H2,1-2H3,(H2,29,30,31,34). The lowest BCUT2D eigenvalue weighted by Crippen LogP contribution is -2.44. The van der Waals surface area contributed by atoms with Crippen LogP contribution in [0.2, 0.25) is 0 Å². The molecular weight excluding hydrogens is 452 g/mol. The molecule has 1 aromatic heterocycles. The smallest absolute Gasteiger partial charge is 0.256 e. The van der Waals surface area contributed by atoms with Crippen LogP contribution >= 0.6 is 0 Å². The molecule has 0 bridgehead atoms. The van der Waals surface area contributed by atoms with E-state index in [1.54, 1.807) is 30.3 Å². The molecule has 1 amide bonds. The second-order valence-corrected chi connectivity index (χ2v) is 8.56. The largest absolute Gasteiger partial charge is 0.494 e. The molecule has 0 unspecified atom stereocenters. The number of carbonyl (C=O) groups is 1. The molecule has 1 aliphatic rings. The summed E-state index contributed by atoms with van der Waals surface area (Å²) in [5, 5.41) is 10.5. The molecule has 0 saturated carbocycles. The molecule has 180 valence electrons. The van der Waals surface area contributed by atoms with E-state index in [2.05, 4.69) is 32.4 Å². The summed E-state index contributed by atoms with van der Waals surface area (Å²) in [6, 6.07) is 14.7. The number of rotatable bonds is 5. The lowest BCUT2D eigenvalue weighted by atomic mass is 10.0. The Hall–Kier alpha value is -3.98. The monoisotopic (exact) mass is 477 g/mol. The van der Waals surface area contributed by atoms with Gasteiger partial charge in [0, 0.05) is 42.8 Å². The van der Waals surface area contributed by atoms with Crippen LogP contribution in [0.15, 0.2) is 54.6 Å². The third kappa shape index (κ3) is 4.42. The summed E-state index contributed by atoms with van der Waals surface area (Å²) < 4.78 is 34.1. The molecular formula is C26H25F2N5O2. The van der Waals surface area contributed by atoms with Crippen molar-refractivity contribution in [3.05, 3.63) is 71.8 Å². The van der Waals surface area contributed by atoms with Crippen LogP contribution in [0.1, 0.15) is 10.4 Å². The molecule has 1 saturated heterocycles. The lowest BCUT2D eigenvalue weighted by Gasteiger charge is -2.34. The number of ether oxygens (including phenoxy) is 1. The number of halogens is 2. The molecule has 3 aromatic carbocycles. The van der Waals surface area contributed by atoms with Crippen molar-refractivity contribution in [2.24, 2.45) is 0 Å². The van der Waals surface area contributed by atoms with Crippen molar-refractivity contribution in [2.45, 2.75) is 0 Å². The third-order valence-corrected chi connectivity index (χ3v) is 6.36. The second kappa shape index (κ2) is 9.34. The van der Waals surface area contributed by atoms with Crippen LogP contribution in [0, 0.1) is 11.6 Å². The van der Waals surface area contributed by atoms with Gasteiger partial charge in [-0.15, -0.1) is 0 Å². The van der Waals surface area contributed by atoms with Gasteiger partial charge in [-0.3, -0.25) is 9.89 Å². The van der Waals surface area contributed by atoms with Gasteiger partial charge in [0.2, 0.25) is 0 Å². The summed E-state index contributed by atoms with van der Waals surface area (Å²) in [6.45, 7) is 3.92. The zero-order chi connectivity index (χ0) is 24.5. The Labute approximate surface area is 201 Å². The average Bonchev–Trinajstić information content (AvgIpc) is 3.26. The van der Waals surface area contributed by atoms with E-state index in [0.29, 0.717) is 27.8 Å². The second-order valence-electron chi connectivity index (χ2n) is 8.56. The number of amides is 1. The van der Waals surface area contributed by atoms with Crippen LogP contribution < -0.4 is 15.0 Å². The highest BCUT2D eigenvalue weighted by Crippen LogP contribution is 2.34. The number of likely N-dealkylation sites (N-methyl/N-ethyl adjacent to an activating group) is 1. The van der Waals surface area contributed by atoms with Crippen LogP contribution in [0.3, 0.4) is 0 Å². The number of H-pyrrole nitrogens is 1. The van der Waals surface area contributed by atoms with E-state index in [9.17, 15) is 13.6 Å². The van der Waals surface area contributed by atoms with Gasteiger partial charge in [0.1, 0.15) is 5.82 Å². The van der Waals surface area contributed by atoms with E-state index in [4.69, 9.17) is 4.74 Å². The number of hydrogen-bond donors (Lipinski definition) is 2. The summed E-state index contributed by atoms with van der Waals surface area (Å²) in [5.41, 5.74) is 2.27. The molecule has 9 heteroatoms. The Morgan fingerprint density at radius 3 is 2.49 bits per heavy atom. The first-order chi connectivity index (χ1) is 16.9. The summed E-state index contributed by atoms with van der Waals surface area (Å²) in [4.78, 5) is 17.4. The first kappa shape index (κ1) is 22.8. The first-order valence-corrected chi connectivity index (χ1v) is 11.3. The van der Waals surface area contributed by atoms with Crippen LogP contribution in [0.4, 0.5) is 20.3 Å². The van der Waals surface area contributed by atoms with Gasteiger partial charge in [-0.25, -0.2) is 8.78 Å². The van der Waals surface area contributed by atoms with Crippen molar-refractivity contribution >= 4 is 28.3 Å². The van der Waals surface area contributed by atoms with Gasteiger partial charge in [0.25, 0.3) is 5.91 Å². The van der Waals surface area contributed by atoms with Gasteiger partial charge >= 0.3 is 0 Å². The van der Waals surface area contributed by atoms with E-state index in [-0.39, 0.29) is 17.2 Å². The van der Waals surface area contributed by atoms with Crippen molar-refractivity contribution in [2.75, 3.05) is 50.6 Å². The first-order valence-electron chi connectivity index (χ1n) is 11.3. The van der Waals surface area contributed by atoms with E-state index in [0.717, 1.165) is 37.9 Å². The molecule has 1 fully saturated rings. The maximum absolute atomic E-state index is 14.7. The number of carbonyl (C=O) groups excluding carboxylic acids is 1. The zero-order valence-electron chi connectivity index (χ0n) is 19.4. The molecule has 7 nitrogen and oxygen atoms in total. The molecule has 1 aliphatic heterocycles. The molecule has 0 aliphatic carbocycles.